The summed E-state index contributed by atoms with van der Waals surface area (Å²) >= 11 is 0. The van der Waals surface area contributed by atoms with E-state index in [1.54, 1.807) is 7.05 Å². The van der Waals surface area contributed by atoms with E-state index in [2.05, 4.69) is 22.5 Å². The van der Waals surface area contributed by atoms with Gasteiger partial charge < -0.3 is 10.6 Å². The summed E-state index contributed by atoms with van der Waals surface area (Å²) < 4.78 is 0. The Labute approximate surface area is 79.7 Å². The summed E-state index contributed by atoms with van der Waals surface area (Å²) in [6.07, 6.45) is 0. The molecule has 1 rings (SSSR count). The van der Waals surface area contributed by atoms with Gasteiger partial charge in [-0.25, -0.2) is 0 Å². The monoisotopic (exact) mass is 185 g/mol. The molecule has 2 atom stereocenters. The fraction of sp³-hybridized carbons (Fsp3) is 0.889. The van der Waals surface area contributed by atoms with Crippen LogP contribution in [0.1, 0.15) is 6.92 Å². The smallest absolute Gasteiger partial charge is 0.233 e. The first-order valence-corrected chi connectivity index (χ1v) is 4.76. The molecule has 1 heterocycles. The number of hydrogen-bond acceptors (Lipinski definition) is 3. The average molecular weight is 185 g/mol. The molecule has 0 aromatic rings. The summed E-state index contributed by atoms with van der Waals surface area (Å²) in [5.41, 5.74) is 0. The van der Waals surface area contributed by atoms with Gasteiger partial charge in [-0.3, -0.25) is 9.69 Å². The molecule has 2 unspecified atom stereocenters. The minimum absolute atomic E-state index is 0.0848. The van der Waals surface area contributed by atoms with Crippen LogP contribution in [-0.4, -0.2) is 50.6 Å². The highest BCUT2D eigenvalue weighted by Crippen LogP contribution is 2.12. The lowest BCUT2D eigenvalue weighted by molar-refractivity contribution is -0.122. The molecule has 1 fully saturated rings. The number of hydrogen-bond donors (Lipinski definition) is 2. The number of rotatable bonds is 3. The van der Waals surface area contributed by atoms with Crippen molar-refractivity contribution in [3.05, 3.63) is 0 Å². The number of carbonyl (C=O) groups excluding carboxylic acids is 1. The van der Waals surface area contributed by atoms with Gasteiger partial charge in [0.05, 0.1) is 6.54 Å². The lowest BCUT2D eigenvalue weighted by Gasteiger charge is -2.25. The van der Waals surface area contributed by atoms with Crippen LogP contribution in [0.3, 0.4) is 0 Å². The molecule has 0 aromatic heterocycles. The van der Waals surface area contributed by atoms with Crippen molar-refractivity contribution in [2.45, 2.75) is 13.0 Å². The van der Waals surface area contributed by atoms with Gasteiger partial charge in [-0.1, -0.05) is 6.92 Å². The molecule has 13 heavy (non-hydrogen) atoms. The SMILES string of the molecule is CNC(=O)CN(C)C1CNCC1C. The second-order valence-electron chi connectivity index (χ2n) is 3.79. The van der Waals surface area contributed by atoms with Gasteiger partial charge in [-0.05, 0) is 19.5 Å². The van der Waals surface area contributed by atoms with Gasteiger partial charge in [-0.15, -0.1) is 0 Å². The minimum atomic E-state index is 0.0848. The van der Waals surface area contributed by atoms with Crippen LogP contribution in [0.25, 0.3) is 0 Å². The molecule has 1 aliphatic heterocycles. The number of likely N-dealkylation sites (N-methyl/N-ethyl adjacent to an activating group) is 2. The van der Waals surface area contributed by atoms with Crippen LogP contribution in [0.5, 0.6) is 0 Å². The lowest BCUT2D eigenvalue weighted by Crippen LogP contribution is -2.42. The van der Waals surface area contributed by atoms with Crippen molar-refractivity contribution in [1.29, 1.82) is 0 Å². The van der Waals surface area contributed by atoms with Crippen LogP contribution in [0, 0.1) is 5.92 Å². The van der Waals surface area contributed by atoms with Crippen LogP contribution < -0.4 is 10.6 Å². The standard InChI is InChI=1S/C9H19N3O/c1-7-4-11-5-8(7)12(3)6-9(13)10-2/h7-8,11H,4-6H2,1-3H3,(H,10,13). The second kappa shape index (κ2) is 4.58. The van der Waals surface area contributed by atoms with E-state index in [9.17, 15) is 4.79 Å². The Bertz CT molecular complexity index is 184. The van der Waals surface area contributed by atoms with Crippen LogP contribution >= 0.6 is 0 Å². The normalized spacial score (nSPS) is 28.0. The van der Waals surface area contributed by atoms with Crippen molar-refractivity contribution in [3.8, 4) is 0 Å². The van der Waals surface area contributed by atoms with Crippen molar-refractivity contribution >= 4 is 5.91 Å². The molecule has 76 valence electrons. The summed E-state index contributed by atoms with van der Waals surface area (Å²) in [4.78, 5) is 13.2. The molecule has 4 heteroatoms. The zero-order valence-corrected chi connectivity index (χ0v) is 8.63. The molecule has 1 aliphatic rings. The van der Waals surface area contributed by atoms with E-state index in [4.69, 9.17) is 0 Å². The average Bonchev–Trinajstić information content (AvgIpc) is 2.51. The van der Waals surface area contributed by atoms with Gasteiger partial charge in [0, 0.05) is 19.6 Å². The predicted molar refractivity (Wildman–Crippen MR) is 52.5 cm³/mol. The quantitative estimate of drug-likeness (QED) is 0.609. The fourth-order valence-corrected chi connectivity index (χ4v) is 1.81. The predicted octanol–water partition coefficient (Wildman–Crippen LogP) is -0.728. The maximum atomic E-state index is 11.1. The molecule has 4 nitrogen and oxygen atoms in total. The Balaban J connectivity index is 2.38. The van der Waals surface area contributed by atoms with E-state index in [1.807, 2.05) is 7.05 Å². The Hall–Kier alpha value is -0.610. The van der Waals surface area contributed by atoms with Crippen molar-refractivity contribution < 1.29 is 4.79 Å². The zero-order valence-electron chi connectivity index (χ0n) is 8.63. The highest BCUT2D eigenvalue weighted by Gasteiger charge is 2.27. The van der Waals surface area contributed by atoms with Crippen molar-refractivity contribution in [1.82, 2.24) is 15.5 Å². The van der Waals surface area contributed by atoms with E-state index in [1.165, 1.54) is 0 Å². The number of amides is 1. The highest BCUT2D eigenvalue weighted by molar-refractivity contribution is 5.77. The third-order valence-corrected chi connectivity index (χ3v) is 2.71. The lowest BCUT2D eigenvalue weighted by atomic mass is 10.1. The summed E-state index contributed by atoms with van der Waals surface area (Å²) in [7, 11) is 3.68. The van der Waals surface area contributed by atoms with Crippen LogP contribution in [-0.2, 0) is 4.79 Å². The Kier molecular flexibility index (Phi) is 3.69. The summed E-state index contributed by atoms with van der Waals surface area (Å²) in [5.74, 6) is 0.719. The van der Waals surface area contributed by atoms with Crippen LogP contribution in [0.2, 0.25) is 0 Å². The minimum Gasteiger partial charge on any atom is -0.358 e. The third-order valence-electron chi connectivity index (χ3n) is 2.71. The molecule has 0 radical (unpaired) electrons. The van der Waals surface area contributed by atoms with Gasteiger partial charge >= 0.3 is 0 Å². The first kappa shape index (κ1) is 10.5. The molecule has 0 aliphatic carbocycles. The van der Waals surface area contributed by atoms with Crippen LogP contribution in [0.4, 0.5) is 0 Å². The molecule has 0 aromatic carbocycles. The van der Waals surface area contributed by atoms with Gasteiger partial charge in [0.15, 0.2) is 0 Å². The molecule has 2 N–H and O–H groups in total. The summed E-state index contributed by atoms with van der Waals surface area (Å²) in [5, 5.41) is 5.95. The van der Waals surface area contributed by atoms with E-state index in [-0.39, 0.29) is 5.91 Å². The topological polar surface area (TPSA) is 44.4 Å². The van der Waals surface area contributed by atoms with Gasteiger partial charge in [0.25, 0.3) is 0 Å². The number of nitrogens with zero attached hydrogens (tertiary/aromatic N) is 1. The van der Waals surface area contributed by atoms with E-state index in [0.29, 0.717) is 18.5 Å². The molecular formula is C9H19N3O. The maximum absolute atomic E-state index is 11.1. The first-order valence-electron chi connectivity index (χ1n) is 4.76. The fourth-order valence-electron chi connectivity index (χ4n) is 1.81. The van der Waals surface area contributed by atoms with E-state index >= 15 is 0 Å². The Morgan fingerprint density at radius 2 is 2.31 bits per heavy atom. The van der Waals surface area contributed by atoms with Crippen LogP contribution in [0.15, 0.2) is 0 Å². The van der Waals surface area contributed by atoms with Gasteiger partial charge in [-0.2, -0.15) is 0 Å². The number of carbonyl (C=O) groups is 1. The summed E-state index contributed by atoms with van der Waals surface area (Å²) in [6.45, 7) is 4.76. The summed E-state index contributed by atoms with van der Waals surface area (Å²) in [6, 6.07) is 0.497. The molecule has 0 spiro atoms. The highest BCUT2D eigenvalue weighted by atomic mass is 16.1. The Morgan fingerprint density at radius 1 is 1.62 bits per heavy atom. The van der Waals surface area contributed by atoms with E-state index in [0.717, 1.165) is 13.1 Å². The molecule has 0 bridgehead atoms. The van der Waals surface area contributed by atoms with Crippen molar-refractivity contribution in [2.75, 3.05) is 33.7 Å². The van der Waals surface area contributed by atoms with Crippen molar-refractivity contribution in [2.24, 2.45) is 5.92 Å². The number of nitrogens with one attached hydrogen (secondary N) is 2. The third kappa shape index (κ3) is 2.67. The van der Waals surface area contributed by atoms with Gasteiger partial charge in [0.2, 0.25) is 5.91 Å². The Morgan fingerprint density at radius 3 is 2.77 bits per heavy atom. The molecule has 1 saturated heterocycles. The van der Waals surface area contributed by atoms with Crippen molar-refractivity contribution in [3.63, 3.8) is 0 Å². The molecule has 1 amide bonds. The maximum Gasteiger partial charge on any atom is 0.233 e. The zero-order chi connectivity index (χ0) is 9.84. The van der Waals surface area contributed by atoms with E-state index < -0.39 is 0 Å². The molecular weight excluding hydrogens is 166 g/mol. The largest absolute Gasteiger partial charge is 0.358 e. The second-order valence-corrected chi connectivity index (χ2v) is 3.79. The molecule has 0 saturated carbocycles. The van der Waals surface area contributed by atoms with Gasteiger partial charge in [0.1, 0.15) is 0 Å². The first-order chi connectivity index (χ1) is 6.15.